The molecule has 0 unspecified atom stereocenters. The van der Waals surface area contributed by atoms with Crippen molar-refractivity contribution < 1.29 is 9.59 Å². The number of aromatic nitrogens is 1. The zero-order valence-electron chi connectivity index (χ0n) is 17.3. The summed E-state index contributed by atoms with van der Waals surface area (Å²) in [5, 5.41) is 8.21. The Bertz CT molecular complexity index is 850. The van der Waals surface area contributed by atoms with E-state index < -0.39 is 0 Å². The first-order valence-corrected chi connectivity index (χ1v) is 10.0. The second-order valence-corrected chi connectivity index (χ2v) is 7.58. The van der Waals surface area contributed by atoms with Crippen LogP contribution in [0.3, 0.4) is 0 Å². The van der Waals surface area contributed by atoms with Gasteiger partial charge in [0.15, 0.2) is 0 Å². The van der Waals surface area contributed by atoms with Gasteiger partial charge in [-0.3, -0.25) is 4.79 Å². The van der Waals surface area contributed by atoms with Crippen molar-refractivity contribution in [2.45, 2.75) is 40.2 Å². The minimum atomic E-state index is -0.388. The maximum atomic E-state index is 12.2. The Balaban J connectivity index is 1.42. The number of carbonyl (C=O) groups is 2. The van der Waals surface area contributed by atoms with Crippen LogP contribution in [-0.2, 0) is 11.3 Å². The van der Waals surface area contributed by atoms with Gasteiger partial charge in [-0.1, -0.05) is 23.8 Å². The zero-order valence-corrected chi connectivity index (χ0v) is 17.3. The highest BCUT2D eigenvalue weighted by atomic mass is 16.2. The SMILES string of the molecule is Cc1cc(C)c(NC(=O)CNC(=O)NCc2ccc(N3CCCC3)nc2)c(C)c1. The lowest BCUT2D eigenvalue weighted by Gasteiger charge is -2.16. The fraction of sp³-hybridized carbons (Fsp3) is 0.409. The van der Waals surface area contributed by atoms with Gasteiger partial charge in [0.25, 0.3) is 0 Å². The molecule has 0 spiro atoms. The summed E-state index contributed by atoms with van der Waals surface area (Å²) < 4.78 is 0. The van der Waals surface area contributed by atoms with Gasteiger partial charge in [0.1, 0.15) is 5.82 Å². The van der Waals surface area contributed by atoms with Crippen molar-refractivity contribution in [3.8, 4) is 0 Å². The van der Waals surface area contributed by atoms with Gasteiger partial charge in [-0.15, -0.1) is 0 Å². The zero-order chi connectivity index (χ0) is 20.8. The van der Waals surface area contributed by atoms with Crippen molar-refractivity contribution in [2.24, 2.45) is 0 Å². The van der Waals surface area contributed by atoms with E-state index in [0.717, 1.165) is 46.8 Å². The molecular formula is C22H29N5O2. The molecule has 154 valence electrons. The largest absolute Gasteiger partial charge is 0.357 e. The molecule has 7 heteroatoms. The molecule has 3 amide bonds. The van der Waals surface area contributed by atoms with Gasteiger partial charge in [0, 0.05) is 31.5 Å². The number of pyridine rings is 1. The van der Waals surface area contributed by atoms with Gasteiger partial charge in [-0.2, -0.15) is 0 Å². The first-order valence-electron chi connectivity index (χ1n) is 10.0. The molecule has 1 aliphatic rings. The molecule has 0 atom stereocenters. The van der Waals surface area contributed by atoms with E-state index in [1.54, 1.807) is 6.20 Å². The molecule has 2 aromatic rings. The van der Waals surface area contributed by atoms with Crippen LogP contribution in [-0.4, -0.2) is 36.6 Å². The van der Waals surface area contributed by atoms with E-state index in [1.807, 2.05) is 45.0 Å². The summed E-state index contributed by atoms with van der Waals surface area (Å²) in [6.07, 6.45) is 4.20. The summed E-state index contributed by atoms with van der Waals surface area (Å²) in [5.41, 5.74) is 4.87. The van der Waals surface area contributed by atoms with Gasteiger partial charge >= 0.3 is 6.03 Å². The molecule has 1 saturated heterocycles. The highest BCUT2D eigenvalue weighted by Crippen LogP contribution is 2.21. The molecule has 7 nitrogen and oxygen atoms in total. The predicted molar refractivity (Wildman–Crippen MR) is 115 cm³/mol. The van der Waals surface area contributed by atoms with Crippen LogP contribution in [0.1, 0.15) is 35.1 Å². The molecule has 1 aliphatic heterocycles. The number of anilines is 2. The fourth-order valence-electron chi connectivity index (χ4n) is 3.62. The number of benzene rings is 1. The lowest BCUT2D eigenvalue weighted by molar-refractivity contribution is -0.115. The van der Waals surface area contributed by atoms with Crippen molar-refractivity contribution in [1.82, 2.24) is 15.6 Å². The number of urea groups is 1. The second-order valence-electron chi connectivity index (χ2n) is 7.58. The fourth-order valence-corrected chi connectivity index (χ4v) is 3.62. The summed E-state index contributed by atoms with van der Waals surface area (Å²) in [6.45, 7) is 8.31. The molecule has 3 rings (SSSR count). The van der Waals surface area contributed by atoms with Crippen molar-refractivity contribution >= 4 is 23.4 Å². The van der Waals surface area contributed by atoms with Crippen LogP contribution in [0.4, 0.5) is 16.3 Å². The molecule has 0 bridgehead atoms. The van der Waals surface area contributed by atoms with Gasteiger partial charge in [-0.05, 0) is 56.4 Å². The van der Waals surface area contributed by atoms with Gasteiger partial charge in [0.2, 0.25) is 5.91 Å². The summed E-state index contributed by atoms with van der Waals surface area (Å²) in [6, 6.07) is 7.61. The summed E-state index contributed by atoms with van der Waals surface area (Å²) >= 11 is 0. The van der Waals surface area contributed by atoms with Crippen LogP contribution in [0.25, 0.3) is 0 Å². The lowest BCUT2D eigenvalue weighted by Crippen LogP contribution is -2.39. The number of nitrogens with one attached hydrogen (secondary N) is 3. The maximum absolute atomic E-state index is 12.2. The topological polar surface area (TPSA) is 86.4 Å². The highest BCUT2D eigenvalue weighted by Gasteiger charge is 2.13. The Hall–Kier alpha value is -3.09. The number of aryl methyl sites for hydroxylation is 3. The van der Waals surface area contributed by atoms with Crippen LogP contribution in [0, 0.1) is 20.8 Å². The smallest absolute Gasteiger partial charge is 0.315 e. The Kier molecular flexibility index (Phi) is 6.69. The third kappa shape index (κ3) is 5.70. The van der Waals surface area contributed by atoms with Gasteiger partial charge in [0.05, 0.1) is 6.54 Å². The lowest BCUT2D eigenvalue weighted by atomic mass is 10.1. The average molecular weight is 396 g/mol. The van der Waals surface area contributed by atoms with Crippen molar-refractivity contribution in [3.05, 3.63) is 52.7 Å². The number of hydrogen-bond donors (Lipinski definition) is 3. The Labute approximate surface area is 171 Å². The molecule has 0 radical (unpaired) electrons. The van der Waals surface area contributed by atoms with Crippen LogP contribution >= 0.6 is 0 Å². The third-order valence-corrected chi connectivity index (χ3v) is 5.04. The molecule has 1 aromatic heterocycles. The summed E-state index contributed by atoms with van der Waals surface area (Å²) in [7, 11) is 0. The van der Waals surface area contributed by atoms with Crippen LogP contribution in [0.2, 0.25) is 0 Å². The number of nitrogens with zero attached hydrogens (tertiary/aromatic N) is 2. The van der Waals surface area contributed by atoms with E-state index in [-0.39, 0.29) is 18.5 Å². The maximum Gasteiger partial charge on any atom is 0.315 e. The van der Waals surface area contributed by atoms with Crippen molar-refractivity contribution in [1.29, 1.82) is 0 Å². The molecule has 29 heavy (non-hydrogen) atoms. The molecule has 1 aromatic carbocycles. The van der Waals surface area contributed by atoms with Crippen LogP contribution in [0.5, 0.6) is 0 Å². The number of carbonyl (C=O) groups excluding carboxylic acids is 2. The highest BCUT2D eigenvalue weighted by molar-refractivity contribution is 5.95. The summed E-state index contributed by atoms with van der Waals surface area (Å²) in [5.74, 6) is 0.723. The molecule has 0 aliphatic carbocycles. The van der Waals surface area contributed by atoms with Gasteiger partial charge < -0.3 is 20.9 Å². The number of hydrogen-bond acceptors (Lipinski definition) is 4. The molecule has 3 N–H and O–H groups in total. The monoisotopic (exact) mass is 395 g/mol. The van der Waals surface area contributed by atoms with Crippen molar-refractivity contribution in [2.75, 3.05) is 29.9 Å². The minimum absolute atomic E-state index is 0.0925. The Morgan fingerprint density at radius 2 is 1.72 bits per heavy atom. The Morgan fingerprint density at radius 3 is 2.34 bits per heavy atom. The first-order chi connectivity index (χ1) is 13.9. The molecule has 1 fully saturated rings. The second kappa shape index (κ2) is 9.41. The Morgan fingerprint density at radius 1 is 1.03 bits per heavy atom. The van der Waals surface area contributed by atoms with Gasteiger partial charge in [-0.25, -0.2) is 9.78 Å². The normalized spacial score (nSPS) is 13.3. The van der Waals surface area contributed by atoms with E-state index in [9.17, 15) is 9.59 Å². The first kappa shape index (κ1) is 20.6. The minimum Gasteiger partial charge on any atom is -0.357 e. The van der Waals surface area contributed by atoms with E-state index >= 15 is 0 Å². The van der Waals surface area contributed by atoms with E-state index in [2.05, 4.69) is 25.8 Å². The van der Waals surface area contributed by atoms with E-state index in [1.165, 1.54) is 12.8 Å². The van der Waals surface area contributed by atoms with E-state index in [4.69, 9.17) is 0 Å². The summed E-state index contributed by atoms with van der Waals surface area (Å²) in [4.78, 5) is 30.9. The predicted octanol–water partition coefficient (Wildman–Crippen LogP) is 3.04. The van der Waals surface area contributed by atoms with Crippen molar-refractivity contribution in [3.63, 3.8) is 0 Å². The van der Waals surface area contributed by atoms with Crippen LogP contribution in [0.15, 0.2) is 30.5 Å². The number of rotatable bonds is 6. The standard InChI is InChI=1S/C22H29N5O2/c1-15-10-16(2)21(17(3)11-15)26-20(28)14-25-22(29)24-13-18-6-7-19(23-12-18)27-8-4-5-9-27/h6-7,10-12H,4-5,8-9,13-14H2,1-3H3,(H,26,28)(H2,24,25,29). The van der Waals surface area contributed by atoms with Crippen LogP contribution < -0.4 is 20.9 Å². The molecule has 2 heterocycles. The quantitative estimate of drug-likeness (QED) is 0.702. The molecular weight excluding hydrogens is 366 g/mol. The molecule has 0 saturated carbocycles. The van der Waals surface area contributed by atoms with E-state index in [0.29, 0.717) is 6.54 Å². The average Bonchev–Trinajstić information content (AvgIpc) is 3.23. The number of amides is 3. The third-order valence-electron chi connectivity index (χ3n) is 5.04.